The van der Waals surface area contributed by atoms with Crippen molar-refractivity contribution in [1.82, 2.24) is 0 Å². The number of carbonyl (C=O) groups excluding carboxylic acids is 3. The Kier molecular flexibility index (Phi) is 4.43. The van der Waals surface area contributed by atoms with Crippen LogP contribution in [-0.2, 0) is 19.1 Å². The third kappa shape index (κ3) is 3.37. The topological polar surface area (TPSA) is 60.4 Å². The van der Waals surface area contributed by atoms with Crippen molar-refractivity contribution in [3.63, 3.8) is 0 Å². The molecule has 0 saturated heterocycles. The Morgan fingerprint density at radius 1 is 1.40 bits per heavy atom. The monoisotopic (exact) mass is 296 g/mol. The van der Waals surface area contributed by atoms with Crippen molar-refractivity contribution in [2.45, 2.75) is 50.0 Å². The molecule has 2 atom stereocenters. The Morgan fingerprint density at radius 3 is 2.65 bits per heavy atom. The van der Waals surface area contributed by atoms with Crippen LogP contribution in [-0.4, -0.2) is 28.5 Å². The largest absolute Gasteiger partial charge is 0.453 e. The fourth-order valence-electron chi connectivity index (χ4n) is 2.43. The Bertz CT molecular complexity index is 504. The van der Waals surface area contributed by atoms with Gasteiger partial charge in [-0.2, -0.15) is 0 Å². The molecule has 0 aromatic heterocycles. The third-order valence-corrected chi connectivity index (χ3v) is 4.06. The summed E-state index contributed by atoms with van der Waals surface area (Å²) in [5, 5.41) is -0.471. The van der Waals surface area contributed by atoms with Crippen molar-refractivity contribution < 1.29 is 19.1 Å². The van der Waals surface area contributed by atoms with Gasteiger partial charge in [0.05, 0.1) is 11.8 Å². The molecule has 0 spiro atoms. The van der Waals surface area contributed by atoms with Crippen LogP contribution in [0.3, 0.4) is 0 Å². The van der Waals surface area contributed by atoms with Gasteiger partial charge in [0, 0.05) is 12.8 Å². The number of rotatable bonds is 5. The standard InChI is InChI=1S/C15H17ClO4/c1-10(16)15(7-6-13(18)9-15)20-14(19)5-3-11-2-4-12(17)8-11/h6-8,10H,2-5,9H2,1H3/t10-,15+/m0/s1. The predicted molar refractivity (Wildman–Crippen MR) is 74.5 cm³/mol. The first-order valence-corrected chi connectivity index (χ1v) is 7.15. The molecule has 0 aliphatic heterocycles. The van der Waals surface area contributed by atoms with Crippen LogP contribution in [0.2, 0.25) is 0 Å². The van der Waals surface area contributed by atoms with Crippen LogP contribution in [0.4, 0.5) is 0 Å². The Morgan fingerprint density at radius 2 is 2.15 bits per heavy atom. The number of esters is 1. The lowest BCUT2D eigenvalue weighted by Gasteiger charge is -2.29. The highest BCUT2D eigenvalue weighted by Crippen LogP contribution is 2.32. The van der Waals surface area contributed by atoms with Crippen molar-refractivity contribution in [3.8, 4) is 0 Å². The Labute approximate surface area is 122 Å². The van der Waals surface area contributed by atoms with Gasteiger partial charge in [-0.15, -0.1) is 11.6 Å². The number of halogens is 1. The zero-order chi connectivity index (χ0) is 14.8. The van der Waals surface area contributed by atoms with Crippen LogP contribution < -0.4 is 0 Å². The quantitative estimate of drug-likeness (QED) is 0.578. The number of hydrogen-bond acceptors (Lipinski definition) is 4. The highest BCUT2D eigenvalue weighted by Gasteiger charge is 2.42. The lowest BCUT2D eigenvalue weighted by atomic mass is 9.99. The molecule has 0 N–H and O–H groups in total. The minimum Gasteiger partial charge on any atom is -0.453 e. The van der Waals surface area contributed by atoms with E-state index in [0.29, 0.717) is 12.8 Å². The molecular formula is C15H17ClO4. The van der Waals surface area contributed by atoms with E-state index in [9.17, 15) is 14.4 Å². The second kappa shape index (κ2) is 5.92. The van der Waals surface area contributed by atoms with E-state index in [1.165, 1.54) is 6.08 Å². The summed E-state index contributed by atoms with van der Waals surface area (Å²) in [5.41, 5.74) is -0.0340. The van der Waals surface area contributed by atoms with E-state index < -0.39 is 16.9 Å². The molecule has 0 saturated carbocycles. The molecule has 0 aromatic rings. The van der Waals surface area contributed by atoms with Crippen LogP contribution in [0.5, 0.6) is 0 Å². The maximum absolute atomic E-state index is 11.9. The van der Waals surface area contributed by atoms with E-state index in [2.05, 4.69) is 0 Å². The normalized spacial score (nSPS) is 26.8. The summed E-state index contributed by atoms with van der Waals surface area (Å²) in [4.78, 5) is 34.4. The average molecular weight is 297 g/mol. The summed E-state index contributed by atoms with van der Waals surface area (Å²) in [6, 6.07) is 0. The summed E-state index contributed by atoms with van der Waals surface area (Å²) in [6.45, 7) is 1.70. The van der Waals surface area contributed by atoms with Crippen molar-refractivity contribution in [2.24, 2.45) is 0 Å². The molecular weight excluding hydrogens is 280 g/mol. The number of alkyl halides is 1. The number of carbonyl (C=O) groups is 3. The van der Waals surface area contributed by atoms with Crippen molar-refractivity contribution >= 4 is 29.1 Å². The molecule has 0 aromatic carbocycles. The smallest absolute Gasteiger partial charge is 0.307 e. The van der Waals surface area contributed by atoms with Crippen LogP contribution in [0, 0.1) is 0 Å². The molecule has 5 heteroatoms. The predicted octanol–water partition coefficient (Wildman–Crippen LogP) is 2.49. The van der Waals surface area contributed by atoms with Gasteiger partial charge in [0.15, 0.2) is 17.2 Å². The molecule has 20 heavy (non-hydrogen) atoms. The first kappa shape index (κ1) is 15.0. The highest BCUT2D eigenvalue weighted by molar-refractivity contribution is 6.22. The SMILES string of the molecule is C[C@H](Cl)[C@@]1(OC(=O)CCC2=CC(=O)CC2)C=CC(=O)C1. The zero-order valence-electron chi connectivity index (χ0n) is 11.4. The average Bonchev–Trinajstić information content (AvgIpc) is 2.94. The summed E-state index contributed by atoms with van der Waals surface area (Å²) >= 11 is 6.06. The molecule has 0 heterocycles. The molecule has 2 aliphatic rings. The number of hydrogen-bond donors (Lipinski definition) is 0. The van der Waals surface area contributed by atoms with E-state index in [1.807, 2.05) is 0 Å². The number of ether oxygens (including phenoxy) is 1. The molecule has 2 rings (SSSR count). The fourth-order valence-corrected chi connectivity index (χ4v) is 2.62. The fraction of sp³-hybridized carbons (Fsp3) is 0.533. The summed E-state index contributed by atoms with van der Waals surface area (Å²) in [7, 11) is 0. The first-order valence-electron chi connectivity index (χ1n) is 6.71. The molecule has 0 radical (unpaired) electrons. The second-order valence-corrected chi connectivity index (χ2v) is 5.95. The van der Waals surface area contributed by atoms with Crippen LogP contribution >= 0.6 is 11.6 Å². The minimum atomic E-state index is -1.02. The van der Waals surface area contributed by atoms with Gasteiger partial charge in [-0.05, 0) is 38.0 Å². The van der Waals surface area contributed by atoms with Gasteiger partial charge < -0.3 is 4.74 Å². The lowest BCUT2D eigenvalue weighted by Crippen LogP contribution is -2.39. The van der Waals surface area contributed by atoms with Gasteiger partial charge >= 0.3 is 5.97 Å². The Balaban J connectivity index is 1.90. The van der Waals surface area contributed by atoms with Crippen LogP contribution in [0.1, 0.15) is 39.0 Å². The second-order valence-electron chi connectivity index (χ2n) is 5.29. The van der Waals surface area contributed by atoms with Gasteiger partial charge in [-0.3, -0.25) is 14.4 Å². The van der Waals surface area contributed by atoms with Gasteiger partial charge in [0.1, 0.15) is 0 Å². The molecule has 2 aliphatic carbocycles. The lowest BCUT2D eigenvalue weighted by molar-refractivity contribution is -0.155. The molecule has 0 bridgehead atoms. The molecule has 0 amide bonds. The molecule has 0 unspecified atom stereocenters. The van der Waals surface area contributed by atoms with Gasteiger partial charge in [0.25, 0.3) is 0 Å². The third-order valence-electron chi connectivity index (χ3n) is 3.69. The zero-order valence-corrected chi connectivity index (χ0v) is 12.1. The van der Waals surface area contributed by atoms with E-state index in [1.54, 1.807) is 19.1 Å². The summed E-state index contributed by atoms with van der Waals surface area (Å²) in [5.74, 6) is -0.366. The van der Waals surface area contributed by atoms with Crippen molar-refractivity contribution in [1.29, 1.82) is 0 Å². The van der Waals surface area contributed by atoms with Gasteiger partial charge in [-0.25, -0.2) is 0 Å². The van der Waals surface area contributed by atoms with E-state index in [-0.39, 0.29) is 24.4 Å². The highest BCUT2D eigenvalue weighted by atomic mass is 35.5. The maximum atomic E-state index is 11.9. The molecule has 0 fully saturated rings. The van der Waals surface area contributed by atoms with E-state index >= 15 is 0 Å². The summed E-state index contributed by atoms with van der Waals surface area (Å²) < 4.78 is 5.43. The summed E-state index contributed by atoms with van der Waals surface area (Å²) in [6.07, 6.45) is 6.66. The maximum Gasteiger partial charge on any atom is 0.307 e. The molecule has 4 nitrogen and oxygen atoms in total. The number of allylic oxidation sites excluding steroid dienone is 3. The first-order chi connectivity index (χ1) is 9.41. The van der Waals surface area contributed by atoms with E-state index in [0.717, 1.165) is 12.0 Å². The van der Waals surface area contributed by atoms with Crippen molar-refractivity contribution in [3.05, 3.63) is 23.8 Å². The minimum absolute atomic E-state index is 0.0885. The van der Waals surface area contributed by atoms with Gasteiger partial charge in [0.2, 0.25) is 0 Å². The van der Waals surface area contributed by atoms with Crippen LogP contribution in [0.15, 0.2) is 23.8 Å². The van der Waals surface area contributed by atoms with Gasteiger partial charge in [-0.1, -0.05) is 5.57 Å². The molecule has 108 valence electrons. The van der Waals surface area contributed by atoms with Crippen molar-refractivity contribution in [2.75, 3.05) is 0 Å². The Hall–Kier alpha value is -1.42. The van der Waals surface area contributed by atoms with E-state index in [4.69, 9.17) is 16.3 Å². The van der Waals surface area contributed by atoms with Crippen LogP contribution in [0.25, 0.3) is 0 Å². The number of ketones is 2.